The van der Waals surface area contributed by atoms with Crippen molar-refractivity contribution in [2.24, 2.45) is 0 Å². The SMILES string of the molecule is CC(=O)Nc1cccc2c1C(=O)C(SCCO)=C(C)C2=O. The molecule has 1 amide bonds. The third-order valence-electron chi connectivity index (χ3n) is 3.07. The van der Waals surface area contributed by atoms with E-state index < -0.39 is 0 Å². The van der Waals surface area contributed by atoms with Gasteiger partial charge in [-0.2, -0.15) is 0 Å². The summed E-state index contributed by atoms with van der Waals surface area (Å²) in [4.78, 5) is 36.6. The van der Waals surface area contributed by atoms with Crippen LogP contribution in [0.4, 0.5) is 5.69 Å². The number of allylic oxidation sites excluding steroid dienone is 2. The van der Waals surface area contributed by atoms with Crippen LogP contribution in [0.25, 0.3) is 0 Å². The Morgan fingerprint density at radius 2 is 2.00 bits per heavy atom. The molecule has 0 unspecified atom stereocenters. The number of thioether (sulfide) groups is 1. The summed E-state index contributed by atoms with van der Waals surface area (Å²) < 4.78 is 0. The van der Waals surface area contributed by atoms with Gasteiger partial charge in [0.1, 0.15) is 0 Å². The minimum atomic E-state index is -0.306. The van der Waals surface area contributed by atoms with E-state index in [1.54, 1.807) is 25.1 Å². The molecule has 21 heavy (non-hydrogen) atoms. The zero-order valence-corrected chi connectivity index (χ0v) is 12.5. The molecule has 1 aliphatic carbocycles. The van der Waals surface area contributed by atoms with Gasteiger partial charge in [0.2, 0.25) is 11.7 Å². The van der Waals surface area contributed by atoms with Crippen molar-refractivity contribution >= 4 is 34.9 Å². The van der Waals surface area contributed by atoms with Gasteiger partial charge in [-0.05, 0) is 13.0 Å². The highest BCUT2D eigenvalue weighted by Crippen LogP contribution is 2.35. The van der Waals surface area contributed by atoms with E-state index in [1.165, 1.54) is 6.92 Å². The molecule has 1 aromatic rings. The number of aliphatic hydroxyl groups excluding tert-OH is 1. The Morgan fingerprint density at radius 3 is 2.62 bits per heavy atom. The van der Waals surface area contributed by atoms with Crippen LogP contribution in [0.3, 0.4) is 0 Å². The molecule has 0 atom stereocenters. The van der Waals surface area contributed by atoms with Crippen molar-refractivity contribution in [3.8, 4) is 0 Å². The molecule has 2 rings (SSSR count). The van der Waals surface area contributed by atoms with Crippen molar-refractivity contribution in [2.75, 3.05) is 17.7 Å². The number of aliphatic hydroxyl groups is 1. The van der Waals surface area contributed by atoms with E-state index in [4.69, 9.17) is 5.11 Å². The molecule has 0 saturated carbocycles. The van der Waals surface area contributed by atoms with Gasteiger partial charge >= 0.3 is 0 Å². The molecule has 0 spiro atoms. The lowest BCUT2D eigenvalue weighted by molar-refractivity contribution is -0.114. The Balaban J connectivity index is 2.54. The second kappa shape index (κ2) is 6.24. The van der Waals surface area contributed by atoms with Crippen molar-refractivity contribution in [2.45, 2.75) is 13.8 Å². The number of ketones is 2. The van der Waals surface area contributed by atoms with Crippen molar-refractivity contribution in [3.05, 3.63) is 39.8 Å². The highest BCUT2D eigenvalue weighted by Gasteiger charge is 2.32. The zero-order chi connectivity index (χ0) is 15.6. The first kappa shape index (κ1) is 15.5. The fourth-order valence-corrected chi connectivity index (χ4v) is 3.03. The van der Waals surface area contributed by atoms with Gasteiger partial charge in [-0.15, -0.1) is 11.8 Å². The number of amides is 1. The maximum absolute atomic E-state index is 12.6. The normalized spacial score (nSPS) is 14.2. The summed E-state index contributed by atoms with van der Waals surface area (Å²) in [6.07, 6.45) is 0. The van der Waals surface area contributed by atoms with Crippen LogP contribution in [0.5, 0.6) is 0 Å². The second-order valence-electron chi connectivity index (χ2n) is 4.59. The minimum absolute atomic E-state index is 0.0802. The summed E-state index contributed by atoms with van der Waals surface area (Å²) in [5.74, 6) is -0.481. The van der Waals surface area contributed by atoms with E-state index in [-0.39, 0.29) is 29.6 Å². The molecule has 0 radical (unpaired) electrons. The van der Waals surface area contributed by atoms with Gasteiger partial charge in [0.05, 0.1) is 22.8 Å². The number of carbonyl (C=O) groups excluding carboxylic acids is 3. The van der Waals surface area contributed by atoms with Crippen molar-refractivity contribution in [3.63, 3.8) is 0 Å². The largest absolute Gasteiger partial charge is 0.396 e. The maximum Gasteiger partial charge on any atom is 0.221 e. The van der Waals surface area contributed by atoms with Crippen LogP contribution in [0.2, 0.25) is 0 Å². The summed E-state index contributed by atoms with van der Waals surface area (Å²) in [5.41, 5.74) is 1.25. The van der Waals surface area contributed by atoms with Gasteiger partial charge in [-0.3, -0.25) is 14.4 Å². The van der Waals surface area contributed by atoms with Crippen LogP contribution >= 0.6 is 11.8 Å². The monoisotopic (exact) mass is 305 g/mol. The predicted molar refractivity (Wildman–Crippen MR) is 81.7 cm³/mol. The number of Topliss-reactive ketones (excluding diaryl/α,β-unsaturated/α-hetero) is 2. The molecule has 1 aromatic carbocycles. The van der Waals surface area contributed by atoms with Gasteiger partial charge in [0.15, 0.2) is 5.78 Å². The summed E-state index contributed by atoms with van der Waals surface area (Å²) in [7, 11) is 0. The minimum Gasteiger partial charge on any atom is -0.396 e. The lowest BCUT2D eigenvalue weighted by atomic mass is 9.89. The van der Waals surface area contributed by atoms with E-state index >= 15 is 0 Å². The van der Waals surface area contributed by atoms with Gasteiger partial charge in [0, 0.05) is 23.8 Å². The van der Waals surface area contributed by atoms with E-state index in [2.05, 4.69) is 5.32 Å². The van der Waals surface area contributed by atoms with Gasteiger partial charge in [-0.25, -0.2) is 0 Å². The average Bonchev–Trinajstić information content (AvgIpc) is 2.44. The molecule has 5 nitrogen and oxygen atoms in total. The number of nitrogens with one attached hydrogen (secondary N) is 1. The highest BCUT2D eigenvalue weighted by molar-refractivity contribution is 8.04. The summed E-state index contributed by atoms with van der Waals surface area (Å²) in [5, 5.41) is 11.5. The molecule has 0 saturated heterocycles. The zero-order valence-electron chi connectivity index (χ0n) is 11.7. The molecule has 0 heterocycles. The topological polar surface area (TPSA) is 83.5 Å². The smallest absolute Gasteiger partial charge is 0.221 e. The van der Waals surface area contributed by atoms with Gasteiger partial charge in [-0.1, -0.05) is 12.1 Å². The number of benzene rings is 1. The Hall–Kier alpha value is -1.92. The molecular formula is C15H15NO4S. The number of rotatable bonds is 4. The summed E-state index contributed by atoms with van der Waals surface area (Å²) in [6.45, 7) is 2.87. The van der Waals surface area contributed by atoms with Crippen LogP contribution in [0, 0.1) is 0 Å². The molecule has 0 fully saturated rings. The van der Waals surface area contributed by atoms with Gasteiger partial charge < -0.3 is 10.4 Å². The van der Waals surface area contributed by atoms with E-state index in [0.29, 0.717) is 27.5 Å². The van der Waals surface area contributed by atoms with Crippen molar-refractivity contribution in [1.82, 2.24) is 0 Å². The first-order valence-electron chi connectivity index (χ1n) is 6.42. The van der Waals surface area contributed by atoms with Crippen LogP contribution in [-0.4, -0.2) is 34.9 Å². The third-order valence-corrected chi connectivity index (χ3v) is 4.24. The number of anilines is 1. The van der Waals surface area contributed by atoms with Crippen molar-refractivity contribution < 1.29 is 19.5 Å². The first-order valence-corrected chi connectivity index (χ1v) is 7.40. The molecular weight excluding hydrogens is 290 g/mol. The van der Waals surface area contributed by atoms with E-state index in [1.807, 2.05) is 0 Å². The van der Waals surface area contributed by atoms with E-state index in [9.17, 15) is 14.4 Å². The lowest BCUT2D eigenvalue weighted by Gasteiger charge is -2.21. The lowest BCUT2D eigenvalue weighted by Crippen LogP contribution is -2.22. The average molecular weight is 305 g/mol. The third kappa shape index (κ3) is 2.91. The van der Waals surface area contributed by atoms with Crippen LogP contribution < -0.4 is 5.32 Å². The number of carbonyl (C=O) groups is 3. The number of hydrogen-bond acceptors (Lipinski definition) is 5. The van der Waals surface area contributed by atoms with E-state index in [0.717, 1.165) is 11.8 Å². The number of hydrogen-bond donors (Lipinski definition) is 2. The Kier molecular flexibility index (Phi) is 4.59. The Bertz CT molecular complexity index is 664. The second-order valence-corrected chi connectivity index (χ2v) is 5.70. The molecule has 1 aliphatic rings. The quantitative estimate of drug-likeness (QED) is 0.889. The molecule has 0 aromatic heterocycles. The van der Waals surface area contributed by atoms with Crippen LogP contribution in [0.1, 0.15) is 34.6 Å². The predicted octanol–water partition coefficient (Wildman–Crippen LogP) is 2.02. The Morgan fingerprint density at radius 1 is 1.29 bits per heavy atom. The standard InChI is InChI=1S/C15H15NO4S/c1-8-13(19)10-4-3-5-11(16-9(2)18)12(10)14(20)15(8)21-7-6-17/h3-5,17H,6-7H2,1-2H3,(H,16,18). The fourth-order valence-electron chi connectivity index (χ4n) is 2.19. The molecule has 6 heteroatoms. The first-order chi connectivity index (χ1) is 9.97. The number of fused-ring (bicyclic) bond motifs is 1. The molecule has 0 aliphatic heterocycles. The summed E-state index contributed by atoms with van der Waals surface area (Å²) >= 11 is 1.16. The highest BCUT2D eigenvalue weighted by atomic mass is 32.2. The van der Waals surface area contributed by atoms with Crippen LogP contribution in [0.15, 0.2) is 28.7 Å². The van der Waals surface area contributed by atoms with Gasteiger partial charge in [0.25, 0.3) is 0 Å². The molecule has 2 N–H and O–H groups in total. The fraction of sp³-hybridized carbons (Fsp3) is 0.267. The van der Waals surface area contributed by atoms with Crippen molar-refractivity contribution in [1.29, 1.82) is 0 Å². The maximum atomic E-state index is 12.6. The Labute approximate surface area is 126 Å². The van der Waals surface area contributed by atoms with Crippen LogP contribution in [-0.2, 0) is 4.79 Å². The molecule has 0 bridgehead atoms. The summed E-state index contributed by atoms with van der Waals surface area (Å²) in [6, 6.07) is 4.81. The molecule has 110 valence electrons.